The van der Waals surface area contributed by atoms with Gasteiger partial charge in [0.1, 0.15) is 6.54 Å². The van der Waals surface area contributed by atoms with E-state index in [2.05, 4.69) is 12.2 Å². The summed E-state index contributed by atoms with van der Waals surface area (Å²) in [7, 11) is 0. The fraction of sp³-hybridized carbons (Fsp3) is 0.800. The minimum absolute atomic E-state index is 0.230. The standard InChI is InChI=1S/C10H18N2O3/c1-3-7-5-8(7)11-10(15)12(4-2)6-9(13)14/h7-8H,3-6H2,1-2H3,(H,11,15)(H,13,14). The molecule has 1 aliphatic rings. The van der Waals surface area contributed by atoms with Gasteiger partial charge in [-0.2, -0.15) is 0 Å². The number of nitrogens with zero attached hydrogens (tertiary/aromatic N) is 1. The molecule has 5 nitrogen and oxygen atoms in total. The maximum Gasteiger partial charge on any atom is 0.323 e. The van der Waals surface area contributed by atoms with E-state index in [1.54, 1.807) is 6.92 Å². The lowest BCUT2D eigenvalue weighted by atomic mass is 10.3. The first-order valence-electron chi connectivity index (χ1n) is 5.35. The van der Waals surface area contributed by atoms with Crippen molar-refractivity contribution in [3.63, 3.8) is 0 Å². The van der Waals surface area contributed by atoms with Crippen molar-refractivity contribution < 1.29 is 14.7 Å². The fourth-order valence-corrected chi connectivity index (χ4v) is 1.62. The molecule has 0 aromatic heterocycles. The maximum atomic E-state index is 11.6. The average molecular weight is 214 g/mol. The van der Waals surface area contributed by atoms with Gasteiger partial charge in [0, 0.05) is 12.6 Å². The molecular formula is C10H18N2O3. The van der Waals surface area contributed by atoms with Gasteiger partial charge in [0.25, 0.3) is 0 Å². The van der Waals surface area contributed by atoms with E-state index >= 15 is 0 Å². The Morgan fingerprint density at radius 1 is 1.47 bits per heavy atom. The number of nitrogens with one attached hydrogen (secondary N) is 1. The molecule has 5 heteroatoms. The lowest BCUT2D eigenvalue weighted by Crippen LogP contribution is -2.43. The number of carboxylic acid groups (broad SMARTS) is 1. The molecule has 2 N–H and O–H groups in total. The van der Waals surface area contributed by atoms with Crippen molar-refractivity contribution >= 4 is 12.0 Å². The molecule has 1 fully saturated rings. The quantitative estimate of drug-likeness (QED) is 0.714. The minimum atomic E-state index is -0.977. The van der Waals surface area contributed by atoms with Gasteiger partial charge in [-0.05, 0) is 19.3 Å². The molecule has 15 heavy (non-hydrogen) atoms. The molecular weight excluding hydrogens is 196 g/mol. The van der Waals surface area contributed by atoms with Crippen LogP contribution in [0.5, 0.6) is 0 Å². The van der Waals surface area contributed by atoms with Crippen molar-refractivity contribution in [2.75, 3.05) is 13.1 Å². The zero-order chi connectivity index (χ0) is 11.4. The Morgan fingerprint density at radius 3 is 2.53 bits per heavy atom. The Hall–Kier alpha value is -1.26. The monoisotopic (exact) mass is 214 g/mol. The first-order valence-corrected chi connectivity index (χ1v) is 5.35. The Balaban J connectivity index is 2.34. The van der Waals surface area contributed by atoms with E-state index in [4.69, 9.17) is 5.11 Å². The lowest BCUT2D eigenvalue weighted by molar-refractivity contribution is -0.137. The molecule has 0 radical (unpaired) electrons. The number of carbonyl (C=O) groups is 2. The number of hydrogen-bond acceptors (Lipinski definition) is 2. The number of hydrogen-bond donors (Lipinski definition) is 2. The molecule has 1 saturated carbocycles. The first kappa shape index (κ1) is 11.8. The van der Waals surface area contributed by atoms with Gasteiger partial charge in [0.15, 0.2) is 0 Å². The molecule has 0 bridgehead atoms. The van der Waals surface area contributed by atoms with Gasteiger partial charge < -0.3 is 15.3 Å². The van der Waals surface area contributed by atoms with Crippen molar-refractivity contribution in [1.82, 2.24) is 10.2 Å². The van der Waals surface area contributed by atoms with E-state index in [0.29, 0.717) is 12.5 Å². The van der Waals surface area contributed by atoms with Gasteiger partial charge in [-0.15, -0.1) is 0 Å². The summed E-state index contributed by atoms with van der Waals surface area (Å²) >= 11 is 0. The molecule has 1 rings (SSSR count). The van der Waals surface area contributed by atoms with Gasteiger partial charge in [-0.3, -0.25) is 4.79 Å². The van der Waals surface area contributed by atoms with Crippen LogP contribution in [0.4, 0.5) is 4.79 Å². The summed E-state index contributed by atoms with van der Waals surface area (Å²) in [4.78, 5) is 23.3. The van der Waals surface area contributed by atoms with Crippen LogP contribution in [0.3, 0.4) is 0 Å². The zero-order valence-electron chi connectivity index (χ0n) is 9.19. The molecule has 0 saturated heterocycles. The number of carboxylic acids is 1. The van der Waals surface area contributed by atoms with E-state index in [9.17, 15) is 9.59 Å². The summed E-state index contributed by atoms with van der Waals surface area (Å²) < 4.78 is 0. The number of carbonyl (C=O) groups excluding carboxylic acids is 1. The second-order valence-corrected chi connectivity index (χ2v) is 3.87. The Kier molecular flexibility index (Phi) is 3.94. The average Bonchev–Trinajstić information content (AvgIpc) is 2.92. The van der Waals surface area contributed by atoms with Crippen LogP contribution in [0, 0.1) is 5.92 Å². The third kappa shape index (κ3) is 3.42. The predicted octanol–water partition coefficient (Wildman–Crippen LogP) is 0.901. The summed E-state index contributed by atoms with van der Waals surface area (Å²) in [6, 6.07) is -0.00815. The lowest BCUT2D eigenvalue weighted by Gasteiger charge is -2.19. The summed E-state index contributed by atoms with van der Waals surface area (Å²) in [6.07, 6.45) is 2.09. The van der Waals surface area contributed by atoms with Crippen LogP contribution < -0.4 is 5.32 Å². The second-order valence-electron chi connectivity index (χ2n) is 3.87. The Bertz CT molecular complexity index is 255. The van der Waals surface area contributed by atoms with Gasteiger partial charge in [-0.25, -0.2) is 4.79 Å². The highest BCUT2D eigenvalue weighted by Gasteiger charge is 2.37. The van der Waals surface area contributed by atoms with Crippen molar-refractivity contribution in [3.8, 4) is 0 Å². The van der Waals surface area contributed by atoms with Crippen LogP contribution in [0.15, 0.2) is 0 Å². The first-order chi connectivity index (χ1) is 7.08. The number of aliphatic carboxylic acids is 1. The molecule has 2 atom stereocenters. The predicted molar refractivity (Wildman–Crippen MR) is 55.6 cm³/mol. The van der Waals surface area contributed by atoms with Gasteiger partial charge in [0.05, 0.1) is 0 Å². The van der Waals surface area contributed by atoms with Crippen LogP contribution in [0.25, 0.3) is 0 Å². The molecule has 0 aliphatic heterocycles. The van der Waals surface area contributed by atoms with Gasteiger partial charge in [0.2, 0.25) is 0 Å². The fourth-order valence-electron chi connectivity index (χ4n) is 1.62. The third-order valence-electron chi connectivity index (χ3n) is 2.75. The molecule has 1 aliphatic carbocycles. The molecule has 86 valence electrons. The highest BCUT2D eigenvalue weighted by molar-refractivity contribution is 5.80. The normalized spacial score (nSPS) is 23.3. The van der Waals surface area contributed by atoms with Crippen LogP contribution in [-0.4, -0.2) is 41.1 Å². The maximum absolute atomic E-state index is 11.6. The van der Waals surface area contributed by atoms with E-state index in [0.717, 1.165) is 12.8 Å². The van der Waals surface area contributed by atoms with E-state index in [-0.39, 0.29) is 18.6 Å². The summed E-state index contributed by atoms with van der Waals surface area (Å²) in [5.74, 6) is -0.396. The van der Waals surface area contributed by atoms with E-state index < -0.39 is 5.97 Å². The van der Waals surface area contributed by atoms with Crippen molar-refractivity contribution in [2.24, 2.45) is 5.92 Å². The van der Waals surface area contributed by atoms with Crippen LogP contribution in [0.1, 0.15) is 26.7 Å². The molecule has 2 unspecified atom stereocenters. The molecule has 0 heterocycles. The topological polar surface area (TPSA) is 69.6 Å². The van der Waals surface area contributed by atoms with Crippen LogP contribution in [-0.2, 0) is 4.79 Å². The molecule has 0 spiro atoms. The Labute approximate surface area is 89.4 Å². The zero-order valence-corrected chi connectivity index (χ0v) is 9.19. The second kappa shape index (κ2) is 5.00. The summed E-state index contributed by atoms with van der Waals surface area (Å²) in [6.45, 7) is 4.05. The number of amides is 2. The summed E-state index contributed by atoms with van der Waals surface area (Å²) in [5.41, 5.74) is 0. The van der Waals surface area contributed by atoms with E-state index in [1.807, 2.05) is 0 Å². The third-order valence-corrected chi connectivity index (χ3v) is 2.75. The number of rotatable bonds is 5. The number of urea groups is 1. The van der Waals surface area contributed by atoms with Crippen LogP contribution >= 0.6 is 0 Å². The van der Waals surface area contributed by atoms with Crippen molar-refractivity contribution in [3.05, 3.63) is 0 Å². The Morgan fingerprint density at radius 2 is 2.13 bits per heavy atom. The van der Waals surface area contributed by atoms with Crippen LogP contribution in [0.2, 0.25) is 0 Å². The van der Waals surface area contributed by atoms with Crippen molar-refractivity contribution in [2.45, 2.75) is 32.7 Å². The van der Waals surface area contributed by atoms with Gasteiger partial charge >= 0.3 is 12.0 Å². The van der Waals surface area contributed by atoms with Crippen molar-refractivity contribution in [1.29, 1.82) is 0 Å². The number of likely N-dealkylation sites (N-methyl/N-ethyl adjacent to an activating group) is 1. The minimum Gasteiger partial charge on any atom is -0.480 e. The highest BCUT2D eigenvalue weighted by atomic mass is 16.4. The largest absolute Gasteiger partial charge is 0.480 e. The molecule has 2 amide bonds. The smallest absolute Gasteiger partial charge is 0.323 e. The molecule has 0 aromatic rings. The summed E-state index contributed by atoms with van der Waals surface area (Å²) in [5, 5.41) is 11.4. The van der Waals surface area contributed by atoms with E-state index in [1.165, 1.54) is 4.90 Å². The molecule has 0 aromatic carbocycles. The SMILES string of the molecule is CCC1CC1NC(=O)N(CC)CC(=O)O. The highest BCUT2D eigenvalue weighted by Crippen LogP contribution is 2.33. The van der Waals surface area contributed by atoms with Gasteiger partial charge in [-0.1, -0.05) is 13.3 Å².